The van der Waals surface area contributed by atoms with Crippen LogP contribution in [0.1, 0.15) is 12.8 Å². The molecule has 1 aliphatic rings. The van der Waals surface area contributed by atoms with Crippen molar-refractivity contribution in [2.45, 2.75) is 12.8 Å². The van der Waals surface area contributed by atoms with Gasteiger partial charge in [-0.25, -0.2) is 0 Å². The van der Waals surface area contributed by atoms with Gasteiger partial charge in [-0.2, -0.15) is 0 Å². The molecule has 1 aliphatic heterocycles. The summed E-state index contributed by atoms with van der Waals surface area (Å²) < 4.78 is 0.982. The van der Waals surface area contributed by atoms with Crippen LogP contribution in [0.4, 0.5) is 5.69 Å². The number of hydrogen-bond donors (Lipinski definition) is 1. The van der Waals surface area contributed by atoms with E-state index >= 15 is 0 Å². The number of likely N-dealkylation sites (tertiary alicyclic amines) is 1. The maximum absolute atomic E-state index is 12.1. The second kappa shape index (κ2) is 5.65. The van der Waals surface area contributed by atoms with Gasteiger partial charge >= 0.3 is 0 Å². The van der Waals surface area contributed by atoms with Crippen molar-refractivity contribution in [2.75, 3.05) is 25.5 Å². The van der Waals surface area contributed by atoms with Crippen LogP contribution in [0.3, 0.4) is 0 Å². The molecule has 0 bridgehead atoms. The van der Waals surface area contributed by atoms with Crippen molar-refractivity contribution < 1.29 is 4.79 Å². The molecule has 1 amide bonds. The van der Waals surface area contributed by atoms with Crippen LogP contribution in [0.2, 0.25) is 0 Å². The number of piperidine rings is 1. The first-order chi connectivity index (χ1) is 8.15. The third-order valence-corrected chi connectivity index (χ3v) is 3.58. The SMILES string of the molecule is CN1CCCC(C(=O)Nc2cccc(Br)c2)C1. The van der Waals surface area contributed by atoms with Crippen LogP contribution >= 0.6 is 15.9 Å². The Kier molecular flexibility index (Phi) is 4.18. The number of benzene rings is 1. The van der Waals surface area contributed by atoms with Crippen LogP contribution in [-0.2, 0) is 4.79 Å². The van der Waals surface area contributed by atoms with Gasteiger partial charge in [-0.3, -0.25) is 4.79 Å². The monoisotopic (exact) mass is 296 g/mol. The fourth-order valence-corrected chi connectivity index (χ4v) is 2.59. The minimum atomic E-state index is 0.118. The lowest BCUT2D eigenvalue weighted by Gasteiger charge is -2.28. The Morgan fingerprint density at radius 2 is 2.35 bits per heavy atom. The van der Waals surface area contributed by atoms with Crippen LogP contribution in [-0.4, -0.2) is 30.9 Å². The summed E-state index contributed by atoms with van der Waals surface area (Å²) in [5, 5.41) is 2.98. The predicted molar refractivity (Wildman–Crippen MR) is 73.0 cm³/mol. The molecule has 17 heavy (non-hydrogen) atoms. The number of carbonyl (C=O) groups is 1. The molecule has 0 saturated carbocycles. The Morgan fingerprint density at radius 3 is 3.06 bits per heavy atom. The molecule has 1 heterocycles. The smallest absolute Gasteiger partial charge is 0.228 e. The van der Waals surface area contributed by atoms with Crippen molar-refractivity contribution in [3.8, 4) is 0 Å². The zero-order valence-corrected chi connectivity index (χ0v) is 11.5. The molecule has 0 radical (unpaired) electrons. The highest BCUT2D eigenvalue weighted by atomic mass is 79.9. The molecule has 0 aliphatic carbocycles. The topological polar surface area (TPSA) is 32.3 Å². The van der Waals surface area contributed by atoms with Crippen LogP contribution < -0.4 is 5.32 Å². The molecule has 0 aromatic heterocycles. The predicted octanol–water partition coefficient (Wildman–Crippen LogP) is 2.73. The number of halogens is 1. The first kappa shape index (κ1) is 12.6. The van der Waals surface area contributed by atoms with Crippen molar-refractivity contribution in [3.05, 3.63) is 28.7 Å². The molecule has 1 fully saturated rings. The summed E-state index contributed by atoms with van der Waals surface area (Å²) in [6.45, 7) is 1.96. The third-order valence-electron chi connectivity index (χ3n) is 3.09. The molecule has 0 spiro atoms. The van der Waals surface area contributed by atoms with Gasteiger partial charge in [0.2, 0.25) is 5.91 Å². The average Bonchev–Trinajstić information content (AvgIpc) is 2.29. The Bertz CT molecular complexity index is 408. The van der Waals surface area contributed by atoms with E-state index in [0.717, 1.165) is 36.1 Å². The average molecular weight is 297 g/mol. The number of anilines is 1. The van der Waals surface area contributed by atoms with Crippen molar-refractivity contribution in [1.29, 1.82) is 0 Å². The van der Waals surface area contributed by atoms with E-state index < -0.39 is 0 Å². The van der Waals surface area contributed by atoms with Gasteiger partial charge in [-0.15, -0.1) is 0 Å². The van der Waals surface area contributed by atoms with E-state index in [4.69, 9.17) is 0 Å². The molecular formula is C13H17BrN2O. The van der Waals surface area contributed by atoms with Gasteiger partial charge in [-0.1, -0.05) is 22.0 Å². The number of hydrogen-bond acceptors (Lipinski definition) is 2. The zero-order chi connectivity index (χ0) is 12.3. The Labute approximate surface area is 110 Å². The molecule has 1 unspecified atom stereocenters. The summed E-state index contributed by atoms with van der Waals surface area (Å²) in [7, 11) is 2.07. The summed E-state index contributed by atoms with van der Waals surface area (Å²) in [6.07, 6.45) is 2.09. The Morgan fingerprint density at radius 1 is 1.53 bits per heavy atom. The normalized spacial score (nSPS) is 21.2. The van der Waals surface area contributed by atoms with Crippen LogP contribution in [0.15, 0.2) is 28.7 Å². The van der Waals surface area contributed by atoms with Gasteiger partial charge in [-0.05, 0) is 44.6 Å². The summed E-state index contributed by atoms with van der Waals surface area (Å²) in [4.78, 5) is 14.3. The first-order valence-corrected chi connectivity index (χ1v) is 6.69. The Balaban J connectivity index is 1.96. The van der Waals surface area contributed by atoms with E-state index in [-0.39, 0.29) is 11.8 Å². The lowest BCUT2D eigenvalue weighted by Crippen LogP contribution is -2.38. The molecule has 1 N–H and O–H groups in total. The maximum Gasteiger partial charge on any atom is 0.228 e. The molecular weight excluding hydrogens is 280 g/mol. The zero-order valence-electron chi connectivity index (χ0n) is 9.95. The van der Waals surface area contributed by atoms with Gasteiger partial charge in [0.1, 0.15) is 0 Å². The van der Waals surface area contributed by atoms with Gasteiger partial charge in [0.25, 0.3) is 0 Å². The maximum atomic E-state index is 12.1. The van der Waals surface area contributed by atoms with Crippen molar-refractivity contribution in [3.63, 3.8) is 0 Å². The first-order valence-electron chi connectivity index (χ1n) is 5.90. The van der Waals surface area contributed by atoms with Crippen molar-refractivity contribution in [2.24, 2.45) is 5.92 Å². The van der Waals surface area contributed by atoms with Crippen molar-refractivity contribution in [1.82, 2.24) is 4.90 Å². The largest absolute Gasteiger partial charge is 0.326 e. The summed E-state index contributed by atoms with van der Waals surface area (Å²) in [5.41, 5.74) is 0.859. The highest BCUT2D eigenvalue weighted by Crippen LogP contribution is 2.19. The Hall–Kier alpha value is -0.870. The number of nitrogens with one attached hydrogen (secondary N) is 1. The second-order valence-corrected chi connectivity index (χ2v) is 5.52. The minimum absolute atomic E-state index is 0.118. The number of carbonyl (C=O) groups excluding carboxylic acids is 1. The van der Waals surface area contributed by atoms with Gasteiger partial charge in [0, 0.05) is 16.7 Å². The summed E-state index contributed by atoms with van der Waals surface area (Å²) >= 11 is 3.40. The molecule has 2 rings (SSSR count). The molecule has 1 saturated heterocycles. The molecule has 3 nitrogen and oxygen atoms in total. The van der Waals surface area contributed by atoms with E-state index in [9.17, 15) is 4.79 Å². The van der Waals surface area contributed by atoms with Crippen LogP contribution in [0.5, 0.6) is 0 Å². The van der Waals surface area contributed by atoms with Gasteiger partial charge in [0.05, 0.1) is 5.92 Å². The lowest BCUT2D eigenvalue weighted by atomic mass is 9.97. The van der Waals surface area contributed by atoms with E-state index in [1.807, 2.05) is 24.3 Å². The van der Waals surface area contributed by atoms with Crippen LogP contribution in [0, 0.1) is 5.92 Å². The second-order valence-electron chi connectivity index (χ2n) is 4.60. The molecule has 1 aromatic rings. The summed E-state index contributed by atoms with van der Waals surface area (Å²) in [6, 6.07) is 7.70. The van der Waals surface area contributed by atoms with E-state index in [0.29, 0.717) is 0 Å². The highest BCUT2D eigenvalue weighted by molar-refractivity contribution is 9.10. The number of rotatable bonds is 2. The van der Waals surface area contributed by atoms with Gasteiger partial charge < -0.3 is 10.2 Å². The van der Waals surface area contributed by atoms with E-state index in [1.165, 1.54) is 0 Å². The molecule has 4 heteroatoms. The molecule has 1 atom stereocenters. The van der Waals surface area contributed by atoms with Gasteiger partial charge in [0.15, 0.2) is 0 Å². The molecule has 92 valence electrons. The molecule has 1 aromatic carbocycles. The summed E-state index contributed by atoms with van der Waals surface area (Å²) in [5.74, 6) is 0.252. The minimum Gasteiger partial charge on any atom is -0.326 e. The highest BCUT2D eigenvalue weighted by Gasteiger charge is 2.23. The lowest BCUT2D eigenvalue weighted by molar-refractivity contribution is -0.121. The fraction of sp³-hybridized carbons (Fsp3) is 0.462. The quantitative estimate of drug-likeness (QED) is 0.910. The van der Waals surface area contributed by atoms with Crippen molar-refractivity contribution >= 4 is 27.5 Å². The van der Waals surface area contributed by atoms with Crippen LogP contribution in [0.25, 0.3) is 0 Å². The fourth-order valence-electron chi connectivity index (χ4n) is 2.19. The van der Waals surface area contributed by atoms with E-state index in [1.54, 1.807) is 0 Å². The number of nitrogens with zero attached hydrogens (tertiary/aromatic N) is 1. The standard InChI is InChI=1S/C13H17BrN2O/c1-16-7-3-4-10(9-16)13(17)15-12-6-2-5-11(14)8-12/h2,5-6,8,10H,3-4,7,9H2,1H3,(H,15,17). The number of amides is 1. The third kappa shape index (κ3) is 3.54. The van der Waals surface area contributed by atoms with E-state index in [2.05, 4.69) is 33.2 Å².